The molecule has 0 aliphatic carbocycles. The fourth-order valence-corrected chi connectivity index (χ4v) is 3.20. The Hall–Kier alpha value is -1.24. The maximum absolute atomic E-state index is 5.33. The van der Waals surface area contributed by atoms with Crippen LogP contribution in [0.25, 0.3) is 0 Å². The fraction of sp³-hybridized carbons (Fsp3) is 0.188. The standard InChI is InChI=1S/C16H16Br2N2O2.ClH/c1-21-13-6-3-11(4-7-13)9-19-20-10-12-5-8-14(17)16(22-2)15(12)18;/h3-8,10,19H,9H2,1-2H3;1H/b20-10+;. The molecule has 0 aliphatic rings. The molecule has 0 saturated heterocycles. The minimum absolute atomic E-state index is 0. The molecule has 7 heteroatoms. The molecule has 0 fully saturated rings. The molecule has 0 aromatic heterocycles. The zero-order chi connectivity index (χ0) is 15.9. The number of methoxy groups -OCH3 is 2. The first-order valence-electron chi connectivity index (χ1n) is 6.56. The monoisotopic (exact) mass is 462 g/mol. The van der Waals surface area contributed by atoms with Crippen molar-refractivity contribution in [1.29, 1.82) is 0 Å². The quantitative estimate of drug-likeness (QED) is 0.495. The second kappa shape index (κ2) is 9.80. The van der Waals surface area contributed by atoms with Crippen LogP contribution in [0.5, 0.6) is 11.5 Å². The predicted octanol–water partition coefficient (Wildman–Crippen LogP) is 4.77. The molecule has 0 heterocycles. The van der Waals surface area contributed by atoms with E-state index in [0.29, 0.717) is 6.54 Å². The number of nitrogens with zero attached hydrogens (tertiary/aromatic N) is 1. The van der Waals surface area contributed by atoms with Crippen LogP contribution in [0.1, 0.15) is 11.1 Å². The van der Waals surface area contributed by atoms with E-state index in [4.69, 9.17) is 9.47 Å². The van der Waals surface area contributed by atoms with Gasteiger partial charge < -0.3 is 14.9 Å². The van der Waals surface area contributed by atoms with Gasteiger partial charge in [-0.1, -0.05) is 18.2 Å². The Morgan fingerprint density at radius 1 is 1.04 bits per heavy atom. The number of halogens is 3. The molecule has 0 saturated carbocycles. The fourth-order valence-electron chi connectivity index (χ4n) is 1.83. The van der Waals surface area contributed by atoms with Gasteiger partial charge in [0.1, 0.15) is 11.5 Å². The molecule has 2 aromatic carbocycles. The molecule has 0 aliphatic heterocycles. The first-order chi connectivity index (χ1) is 10.7. The van der Waals surface area contributed by atoms with Crippen molar-refractivity contribution in [1.82, 2.24) is 5.43 Å². The van der Waals surface area contributed by atoms with E-state index in [1.807, 2.05) is 36.4 Å². The normalized spacial score (nSPS) is 10.3. The SMILES string of the molecule is COc1ccc(CN/N=C/c2ccc(Br)c(OC)c2Br)cc1.Cl. The highest BCUT2D eigenvalue weighted by Crippen LogP contribution is 2.35. The van der Waals surface area contributed by atoms with Crippen molar-refractivity contribution in [2.24, 2.45) is 5.10 Å². The van der Waals surface area contributed by atoms with Gasteiger partial charge in [-0.3, -0.25) is 0 Å². The summed E-state index contributed by atoms with van der Waals surface area (Å²) >= 11 is 6.96. The zero-order valence-corrected chi connectivity index (χ0v) is 16.7. The van der Waals surface area contributed by atoms with E-state index in [1.54, 1.807) is 20.4 Å². The first kappa shape index (κ1) is 19.8. The van der Waals surface area contributed by atoms with Gasteiger partial charge in [-0.25, -0.2) is 0 Å². The number of hydrazone groups is 1. The first-order valence-corrected chi connectivity index (χ1v) is 8.15. The average Bonchev–Trinajstić information content (AvgIpc) is 2.54. The summed E-state index contributed by atoms with van der Waals surface area (Å²) in [5.41, 5.74) is 5.08. The minimum atomic E-state index is 0. The number of nitrogens with one attached hydrogen (secondary N) is 1. The number of hydrogen-bond acceptors (Lipinski definition) is 4. The smallest absolute Gasteiger partial charge is 0.147 e. The molecule has 1 N–H and O–H groups in total. The third kappa shape index (κ3) is 5.41. The summed E-state index contributed by atoms with van der Waals surface area (Å²) in [5.74, 6) is 1.59. The number of benzene rings is 2. The molecule has 124 valence electrons. The Labute approximate surface area is 158 Å². The molecule has 0 spiro atoms. The van der Waals surface area contributed by atoms with Gasteiger partial charge in [0.2, 0.25) is 0 Å². The molecule has 23 heavy (non-hydrogen) atoms. The Morgan fingerprint density at radius 3 is 2.35 bits per heavy atom. The van der Waals surface area contributed by atoms with Crippen LogP contribution in [-0.2, 0) is 6.54 Å². The van der Waals surface area contributed by atoms with Crippen LogP contribution in [0.4, 0.5) is 0 Å². The lowest BCUT2D eigenvalue weighted by atomic mass is 10.2. The summed E-state index contributed by atoms with van der Waals surface area (Å²) in [4.78, 5) is 0. The third-order valence-corrected chi connectivity index (χ3v) is 4.46. The largest absolute Gasteiger partial charge is 0.497 e. The summed E-state index contributed by atoms with van der Waals surface area (Å²) in [6.45, 7) is 0.645. The van der Waals surface area contributed by atoms with E-state index in [2.05, 4.69) is 42.4 Å². The second-order valence-corrected chi connectivity index (χ2v) is 6.07. The van der Waals surface area contributed by atoms with E-state index in [-0.39, 0.29) is 12.4 Å². The Bertz CT molecular complexity index is 664. The molecule has 0 atom stereocenters. The van der Waals surface area contributed by atoms with Gasteiger partial charge in [-0.05, 0) is 55.6 Å². The van der Waals surface area contributed by atoms with Gasteiger partial charge in [0.25, 0.3) is 0 Å². The van der Waals surface area contributed by atoms with E-state index in [9.17, 15) is 0 Å². The van der Waals surface area contributed by atoms with Gasteiger partial charge in [-0.15, -0.1) is 12.4 Å². The van der Waals surface area contributed by atoms with Gasteiger partial charge in [0.05, 0.1) is 35.9 Å². The van der Waals surface area contributed by atoms with Crippen LogP contribution in [-0.4, -0.2) is 20.4 Å². The highest BCUT2D eigenvalue weighted by molar-refractivity contribution is 9.11. The van der Waals surface area contributed by atoms with Crippen molar-refractivity contribution in [2.75, 3.05) is 14.2 Å². The summed E-state index contributed by atoms with van der Waals surface area (Å²) in [6.07, 6.45) is 1.75. The van der Waals surface area contributed by atoms with Crippen molar-refractivity contribution >= 4 is 50.5 Å². The van der Waals surface area contributed by atoms with Crippen LogP contribution >= 0.6 is 44.3 Å². The molecule has 0 radical (unpaired) electrons. The van der Waals surface area contributed by atoms with Crippen molar-refractivity contribution < 1.29 is 9.47 Å². The number of ether oxygens (including phenoxy) is 2. The van der Waals surface area contributed by atoms with E-state index >= 15 is 0 Å². The average molecular weight is 465 g/mol. The van der Waals surface area contributed by atoms with Gasteiger partial charge in [-0.2, -0.15) is 5.10 Å². The Morgan fingerprint density at radius 2 is 1.74 bits per heavy atom. The van der Waals surface area contributed by atoms with Crippen LogP contribution in [0.15, 0.2) is 50.4 Å². The third-order valence-electron chi connectivity index (χ3n) is 3.02. The van der Waals surface area contributed by atoms with Gasteiger partial charge >= 0.3 is 0 Å². The van der Waals surface area contributed by atoms with Crippen molar-refractivity contribution in [3.05, 3.63) is 56.5 Å². The number of hydrogen-bond donors (Lipinski definition) is 1. The van der Waals surface area contributed by atoms with Crippen LogP contribution in [0.2, 0.25) is 0 Å². The van der Waals surface area contributed by atoms with Crippen LogP contribution < -0.4 is 14.9 Å². The predicted molar refractivity (Wildman–Crippen MR) is 103 cm³/mol. The molecule has 0 unspecified atom stereocenters. The lowest BCUT2D eigenvalue weighted by Gasteiger charge is -2.08. The summed E-state index contributed by atoms with van der Waals surface area (Å²) < 4.78 is 12.2. The van der Waals surface area contributed by atoms with E-state index < -0.39 is 0 Å². The molecule has 2 aromatic rings. The Balaban J connectivity index is 0.00000264. The van der Waals surface area contributed by atoms with Crippen molar-refractivity contribution in [2.45, 2.75) is 6.54 Å². The summed E-state index contributed by atoms with van der Waals surface area (Å²) in [7, 11) is 3.29. The lowest BCUT2D eigenvalue weighted by molar-refractivity contribution is 0.409. The van der Waals surface area contributed by atoms with Gasteiger partial charge in [0, 0.05) is 5.56 Å². The van der Waals surface area contributed by atoms with Crippen LogP contribution in [0.3, 0.4) is 0 Å². The summed E-state index contributed by atoms with van der Waals surface area (Å²) in [6, 6.07) is 11.7. The minimum Gasteiger partial charge on any atom is -0.497 e. The molecule has 0 bridgehead atoms. The van der Waals surface area contributed by atoms with Crippen LogP contribution in [0, 0.1) is 0 Å². The zero-order valence-electron chi connectivity index (χ0n) is 12.7. The van der Waals surface area contributed by atoms with Crippen molar-refractivity contribution in [3.8, 4) is 11.5 Å². The number of rotatable bonds is 6. The van der Waals surface area contributed by atoms with E-state index in [1.165, 1.54) is 0 Å². The highest BCUT2D eigenvalue weighted by Gasteiger charge is 2.08. The maximum atomic E-state index is 5.33. The maximum Gasteiger partial charge on any atom is 0.147 e. The highest BCUT2D eigenvalue weighted by atomic mass is 79.9. The molecule has 0 amide bonds. The molecule has 2 rings (SSSR count). The lowest BCUT2D eigenvalue weighted by Crippen LogP contribution is -2.05. The Kier molecular flexibility index (Phi) is 8.44. The van der Waals surface area contributed by atoms with E-state index in [0.717, 1.165) is 31.6 Å². The second-order valence-electron chi connectivity index (χ2n) is 4.43. The summed E-state index contributed by atoms with van der Waals surface area (Å²) in [5, 5.41) is 4.24. The van der Waals surface area contributed by atoms with Crippen molar-refractivity contribution in [3.63, 3.8) is 0 Å². The molecular formula is C16H17Br2ClN2O2. The molecular weight excluding hydrogens is 447 g/mol. The molecule has 4 nitrogen and oxygen atoms in total. The van der Waals surface area contributed by atoms with Gasteiger partial charge in [0.15, 0.2) is 0 Å². The topological polar surface area (TPSA) is 42.8 Å².